The van der Waals surface area contributed by atoms with Crippen molar-refractivity contribution in [2.24, 2.45) is 0 Å². The van der Waals surface area contributed by atoms with E-state index in [1.807, 2.05) is 12.1 Å². The van der Waals surface area contributed by atoms with Gasteiger partial charge in [0.2, 0.25) is 11.8 Å². The molecule has 3 rings (SSSR count). The van der Waals surface area contributed by atoms with Crippen LogP contribution in [0.1, 0.15) is 43.6 Å². The van der Waals surface area contributed by atoms with Gasteiger partial charge in [-0.3, -0.25) is 14.9 Å². The van der Waals surface area contributed by atoms with Crippen LogP contribution < -0.4 is 10.2 Å². The van der Waals surface area contributed by atoms with Crippen molar-refractivity contribution in [1.29, 1.82) is 0 Å². The van der Waals surface area contributed by atoms with E-state index < -0.39 is 0 Å². The number of benzene rings is 1. The first kappa shape index (κ1) is 13.2. The van der Waals surface area contributed by atoms with Crippen LogP contribution in [0, 0.1) is 0 Å². The number of hydrogen-bond donors (Lipinski definition) is 1. The second-order valence-electron chi connectivity index (χ2n) is 5.64. The number of imide groups is 1. The number of amides is 2. The maximum absolute atomic E-state index is 11.8. The number of piperidine rings is 2. The van der Waals surface area contributed by atoms with Gasteiger partial charge in [0.15, 0.2) is 0 Å². The molecule has 2 aliphatic rings. The fourth-order valence-corrected chi connectivity index (χ4v) is 3.08. The zero-order chi connectivity index (χ0) is 13.9. The van der Waals surface area contributed by atoms with Crippen molar-refractivity contribution in [3.63, 3.8) is 0 Å². The van der Waals surface area contributed by atoms with Gasteiger partial charge in [-0.1, -0.05) is 12.1 Å². The third-order valence-corrected chi connectivity index (χ3v) is 4.26. The predicted octanol–water partition coefficient (Wildman–Crippen LogP) is 2.20. The van der Waals surface area contributed by atoms with Crippen LogP contribution in [-0.2, 0) is 9.59 Å². The van der Waals surface area contributed by atoms with E-state index in [0.717, 1.165) is 18.7 Å². The Balaban J connectivity index is 1.72. The number of carbonyl (C=O) groups excluding carboxylic acids is 2. The number of rotatable bonds is 2. The largest absolute Gasteiger partial charge is 0.372 e. The molecule has 0 spiro atoms. The quantitative estimate of drug-likeness (QED) is 0.840. The molecule has 1 N–H and O–H groups in total. The Morgan fingerprint density at radius 2 is 1.70 bits per heavy atom. The Bertz CT molecular complexity index is 504. The van der Waals surface area contributed by atoms with Gasteiger partial charge in [-0.15, -0.1) is 0 Å². The lowest BCUT2D eigenvalue weighted by Gasteiger charge is -2.29. The molecule has 2 fully saturated rings. The summed E-state index contributed by atoms with van der Waals surface area (Å²) >= 11 is 0. The Hall–Kier alpha value is -1.84. The molecule has 4 nitrogen and oxygen atoms in total. The first-order chi connectivity index (χ1) is 9.74. The highest BCUT2D eigenvalue weighted by molar-refractivity contribution is 6.00. The van der Waals surface area contributed by atoms with Gasteiger partial charge in [-0.2, -0.15) is 0 Å². The van der Waals surface area contributed by atoms with Gasteiger partial charge in [-0.25, -0.2) is 0 Å². The number of carbonyl (C=O) groups is 2. The number of nitrogens with zero attached hydrogens (tertiary/aromatic N) is 1. The first-order valence-corrected chi connectivity index (χ1v) is 7.42. The lowest BCUT2D eigenvalue weighted by molar-refractivity contribution is -0.134. The summed E-state index contributed by atoms with van der Waals surface area (Å²) in [6, 6.07) is 8.27. The minimum absolute atomic E-state index is 0.156. The van der Waals surface area contributed by atoms with E-state index in [2.05, 4.69) is 22.3 Å². The SMILES string of the molecule is O=C1CC[C@@H](c2ccc(N3CCCCC3)cc2)C(=O)N1. The van der Waals surface area contributed by atoms with Crippen LogP contribution in [0.5, 0.6) is 0 Å². The van der Waals surface area contributed by atoms with Crippen molar-refractivity contribution >= 4 is 17.5 Å². The van der Waals surface area contributed by atoms with E-state index in [0.29, 0.717) is 12.8 Å². The maximum atomic E-state index is 11.8. The van der Waals surface area contributed by atoms with Gasteiger partial charge >= 0.3 is 0 Å². The van der Waals surface area contributed by atoms with E-state index in [4.69, 9.17) is 0 Å². The molecule has 1 aromatic rings. The molecule has 20 heavy (non-hydrogen) atoms. The van der Waals surface area contributed by atoms with E-state index in [-0.39, 0.29) is 17.7 Å². The van der Waals surface area contributed by atoms with Crippen molar-refractivity contribution in [3.8, 4) is 0 Å². The van der Waals surface area contributed by atoms with Crippen LogP contribution in [0.2, 0.25) is 0 Å². The molecular weight excluding hydrogens is 252 g/mol. The molecule has 0 aliphatic carbocycles. The van der Waals surface area contributed by atoms with E-state index in [1.165, 1.54) is 24.9 Å². The van der Waals surface area contributed by atoms with Gasteiger partial charge in [0.1, 0.15) is 0 Å². The van der Waals surface area contributed by atoms with Crippen LogP contribution in [0.15, 0.2) is 24.3 Å². The lowest BCUT2D eigenvalue weighted by atomic mass is 9.90. The number of anilines is 1. The third-order valence-electron chi connectivity index (χ3n) is 4.26. The van der Waals surface area contributed by atoms with Crippen LogP contribution in [-0.4, -0.2) is 24.9 Å². The molecule has 0 radical (unpaired) electrons. The highest BCUT2D eigenvalue weighted by atomic mass is 16.2. The maximum Gasteiger partial charge on any atom is 0.234 e. The highest BCUT2D eigenvalue weighted by Crippen LogP contribution is 2.27. The molecular formula is C16H20N2O2. The van der Waals surface area contributed by atoms with Gasteiger partial charge in [-0.05, 0) is 43.4 Å². The minimum Gasteiger partial charge on any atom is -0.372 e. The zero-order valence-corrected chi connectivity index (χ0v) is 11.6. The summed E-state index contributed by atoms with van der Waals surface area (Å²) in [6.07, 6.45) is 4.90. The fraction of sp³-hybridized carbons (Fsp3) is 0.500. The molecule has 2 heterocycles. The van der Waals surface area contributed by atoms with Crippen LogP contribution in [0.4, 0.5) is 5.69 Å². The molecule has 1 aromatic carbocycles. The summed E-state index contributed by atoms with van der Waals surface area (Å²) in [5, 5.41) is 2.42. The monoisotopic (exact) mass is 272 g/mol. The van der Waals surface area contributed by atoms with Crippen molar-refractivity contribution in [2.75, 3.05) is 18.0 Å². The standard InChI is InChI=1S/C16H20N2O2/c19-15-9-8-14(16(20)17-15)12-4-6-13(7-5-12)18-10-2-1-3-11-18/h4-7,14H,1-3,8-11H2,(H,17,19,20)/t14-/m0/s1. The van der Waals surface area contributed by atoms with Crippen LogP contribution in [0.25, 0.3) is 0 Å². The Kier molecular flexibility index (Phi) is 3.72. The smallest absolute Gasteiger partial charge is 0.234 e. The lowest BCUT2D eigenvalue weighted by Crippen LogP contribution is -2.39. The molecule has 106 valence electrons. The van der Waals surface area contributed by atoms with Crippen molar-refractivity contribution in [2.45, 2.75) is 38.0 Å². The molecule has 2 amide bonds. The number of hydrogen-bond acceptors (Lipinski definition) is 3. The Morgan fingerprint density at radius 1 is 1.00 bits per heavy atom. The van der Waals surface area contributed by atoms with E-state index >= 15 is 0 Å². The Morgan fingerprint density at radius 3 is 2.35 bits per heavy atom. The van der Waals surface area contributed by atoms with Gasteiger partial charge in [0.25, 0.3) is 0 Å². The zero-order valence-electron chi connectivity index (χ0n) is 11.6. The molecule has 1 atom stereocenters. The van der Waals surface area contributed by atoms with E-state index in [9.17, 15) is 9.59 Å². The normalized spacial score (nSPS) is 23.6. The summed E-state index contributed by atoms with van der Waals surface area (Å²) in [6.45, 7) is 2.25. The van der Waals surface area contributed by atoms with Crippen LogP contribution >= 0.6 is 0 Å². The van der Waals surface area contributed by atoms with Crippen LogP contribution in [0.3, 0.4) is 0 Å². The topological polar surface area (TPSA) is 49.4 Å². The second kappa shape index (κ2) is 5.65. The van der Waals surface area contributed by atoms with Gasteiger partial charge in [0, 0.05) is 25.2 Å². The summed E-state index contributed by atoms with van der Waals surface area (Å²) < 4.78 is 0. The average molecular weight is 272 g/mol. The van der Waals surface area contributed by atoms with Crippen molar-refractivity contribution in [1.82, 2.24) is 5.32 Å². The van der Waals surface area contributed by atoms with Crippen molar-refractivity contribution < 1.29 is 9.59 Å². The molecule has 2 aliphatic heterocycles. The molecule has 4 heteroatoms. The van der Waals surface area contributed by atoms with Crippen molar-refractivity contribution in [3.05, 3.63) is 29.8 Å². The average Bonchev–Trinajstić information content (AvgIpc) is 2.48. The Labute approximate surface area is 119 Å². The molecule has 0 saturated carbocycles. The molecule has 2 saturated heterocycles. The summed E-state index contributed by atoms with van der Waals surface area (Å²) in [5.74, 6) is -0.494. The predicted molar refractivity (Wildman–Crippen MR) is 77.6 cm³/mol. The van der Waals surface area contributed by atoms with E-state index in [1.54, 1.807) is 0 Å². The summed E-state index contributed by atoms with van der Waals surface area (Å²) in [7, 11) is 0. The van der Waals surface area contributed by atoms with Gasteiger partial charge < -0.3 is 4.90 Å². The first-order valence-electron chi connectivity index (χ1n) is 7.42. The second-order valence-corrected chi connectivity index (χ2v) is 5.64. The van der Waals surface area contributed by atoms with Gasteiger partial charge in [0.05, 0.1) is 5.92 Å². The highest BCUT2D eigenvalue weighted by Gasteiger charge is 2.27. The fourth-order valence-electron chi connectivity index (χ4n) is 3.08. The molecule has 0 unspecified atom stereocenters. The minimum atomic E-state index is -0.178. The molecule has 0 bridgehead atoms. The third kappa shape index (κ3) is 2.69. The summed E-state index contributed by atoms with van der Waals surface area (Å²) in [5.41, 5.74) is 2.25. The molecule has 0 aromatic heterocycles. The summed E-state index contributed by atoms with van der Waals surface area (Å²) in [4.78, 5) is 25.4. The number of nitrogens with one attached hydrogen (secondary N) is 1.